The number of benzene rings is 1. The summed E-state index contributed by atoms with van der Waals surface area (Å²) in [5, 5.41) is 2.84. The van der Waals surface area contributed by atoms with Gasteiger partial charge in [0.2, 0.25) is 5.91 Å². The maximum Gasteiger partial charge on any atom is 0.326 e. The minimum Gasteiger partial charge on any atom is -0.451 e. The molecule has 0 saturated carbocycles. The van der Waals surface area contributed by atoms with E-state index in [1.165, 1.54) is 11.8 Å². The number of amides is 2. The number of nitrogens with zero attached hydrogens (tertiary/aromatic N) is 1. The highest BCUT2D eigenvalue weighted by Gasteiger charge is 2.23. The first-order chi connectivity index (χ1) is 12.3. The molecule has 142 valence electrons. The SMILES string of the molecule is Cc1cc(C)c(NC(=O)[C@H](C)OC(=O)CN2CCCCCC2=O)c(C)c1. The number of likely N-dealkylation sites (tertiary alicyclic amines) is 1. The highest BCUT2D eigenvalue weighted by Crippen LogP contribution is 2.22. The Morgan fingerprint density at radius 2 is 1.81 bits per heavy atom. The van der Waals surface area contributed by atoms with Gasteiger partial charge in [-0.05, 0) is 51.7 Å². The molecule has 0 aromatic heterocycles. The number of ether oxygens (including phenoxy) is 1. The highest BCUT2D eigenvalue weighted by molar-refractivity contribution is 5.96. The standard InChI is InChI=1S/C20H28N2O4/c1-13-10-14(2)19(15(3)11-13)21-20(25)16(4)26-18(24)12-22-9-7-5-6-8-17(22)23/h10-11,16H,5-9,12H2,1-4H3,(H,21,25)/t16-/m0/s1. The summed E-state index contributed by atoms with van der Waals surface area (Å²) in [7, 11) is 0. The average molecular weight is 360 g/mol. The number of aryl methyl sites for hydroxylation is 3. The normalized spacial score (nSPS) is 16.0. The lowest BCUT2D eigenvalue weighted by molar-refractivity contribution is -0.156. The Kier molecular flexibility index (Phi) is 6.77. The van der Waals surface area contributed by atoms with Gasteiger partial charge in [0, 0.05) is 18.7 Å². The van der Waals surface area contributed by atoms with Gasteiger partial charge < -0.3 is 15.0 Å². The molecular formula is C20H28N2O4. The Morgan fingerprint density at radius 3 is 2.46 bits per heavy atom. The molecule has 1 aliphatic rings. The smallest absolute Gasteiger partial charge is 0.326 e. The molecule has 2 rings (SSSR count). The van der Waals surface area contributed by atoms with Crippen LogP contribution in [0.5, 0.6) is 0 Å². The maximum atomic E-state index is 12.4. The Morgan fingerprint density at radius 1 is 1.15 bits per heavy atom. The van der Waals surface area contributed by atoms with Crippen LogP contribution in [-0.2, 0) is 19.1 Å². The summed E-state index contributed by atoms with van der Waals surface area (Å²) in [4.78, 5) is 38.0. The van der Waals surface area contributed by atoms with Crippen molar-refractivity contribution in [1.82, 2.24) is 4.90 Å². The lowest BCUT2D eigenvalue weighted by Crippen LogP contribution is -2.39. The molecule has 1 heterocycles. The zero-order valence-electron chi connectivity index (χ0n) is 16.1. The van der Waals surface area contributed by atoms with Gasteiger partial charge in [-0.1, -0.05) is 24.1 Å². The fraction of sp³-hybridized carbons (Fsp3) is 0.550. The first kappa shape index (κ1) is 19.9. The number of hydrogen-bond acceptors (Lipinski definition) is 4. The van der Waals surface area contributed by atoms with Crippen LogP contribution in [0.4, 0.5) is 5.69 Å². The Bertz CT molecular complexity index is 676. The van der Waals surface area contributed by atoms with E-state index in [1.807, 2.05) is 32.9 Å². The van der Waals surface area contributed by atoms with Gasteiger partial charge in [-0.25, -0.2) is 0 Å². The molecule has 0 unspecified atom stereocenters. The second-order valence-electron chi connectivity index (χ2n) is 7.02. The molecule has 1 saturated heterocycles. The Labute approximate surface area is 154 Å². The van der Waals surface area contributed by atoms with Crippen LogP contribution in [0.2, 0.25) is 0 Å². The van der Waals surface area contributed by atoms with Crippen LogP contribution in [0, 0.1) is 20.8 Å². The number of hydrogen-bond donors (Lipinski definition) is 1. The van der Waals surface area contributed by atoms with Crippen molar-refractivity contribution in [3.05, 3.63) is 28.8 Å². The summed E-state index contributed by atoms with van der Waals surface area (Å²) < 4.78 is 5.23. The first-order valence-electron chi connectivity index (χ1n) is 9.14. The van der Waals surface area contributed by atoms with E-state index in [-0.39, 0.29) is 18.4 Å². The second kappa shape index (κ2) is 8.83. The first-order valence-corrected chi connectivity index (χ1v) is 9.14. The number of carbonyl (C=O) groups excluding carboxylic acids is 3. The van der Waals surface area contributed by atoms with Crippen molar-refractivity contribution < 1.29 is 19.1 Å². The minimum atomic E-state index is -0.926. The molecule has 1 N–H and O–H groups in total. The molecule has 1 aromatic rings. The van der Waals surface area contributed by atoms with Crippen molar-refractivity contribution in [2.75, 3.05) is 18.4 Å². The summed E-state index contributed by atoms with van der Waals surface area (Å²) in [5.41, 5.74) is 3.79. The third-order valence-corrected chi connectivity index (χ3v) is 4.59. The number of anilines is 1. The van der Waals surface area contributed by atoms with Gasteiger partial charge in [0.05, 0.1) is 0 Å². The zero-order valence-corrected chi connectivity index (χ0v) is 16.1. The van der Waals surface area contributed by atoms with E-state index >= 15 is 0 Å². The van der Waals surface area contributed by atoms with Gasteiger partial charge in [-0.15, -0.1) is 0 Å². The molecule has 0 bridgehead atoms. The lowest BCUT2D eigenvalue weighted by Gasteiger charge is -2.21. The van der Waals surface area contributed by atoms with E-state index in [2.05, 4.69) is 5.32 Å². The van der Waals surface area contributed by atoms with Gasteiger partial charge in [0.25, 0.3) is 5.91 Å². The third kappa shape index (κ3) is 5.31. The monoisotopic (exact) mass is 360 g/mol. The van der Waals surface area contributed by atoms with Crippen molar-refractivity contribution in [2.24, 2.45) is 0 Å². The number of nitrogens with one attached hydrogen (secondary N) is 1. The van der Waals surface area contributed by atoms with E-state index in [1.54, 1.807) is 0 Å². The van der Waals surface area contributed by atoms with Gasteiger partial charge in [-0.2, -0.15) is 0 Å². The second-order valence-corrected chi connectivity index (χ2v) is 7.02. The molecule has 0 spiro atoms. The molecule has 0 radical (unpaired) electrons. The van der Waals surface area contributed by atoms with Crippen molar-refractivity contribution in [3.8, 4) is 0 Å². The Balaban J connectivity index is 1.92. The van der Waals surface area contributed by atoms with E-state index in [0.29, 0.717) is 13.0 Å². The van der Waals surface area contributed by atoms with Crippen molar-refractivity contribution in [1.29, 1.82) is 0 Å². The van der Waals surface area contributed by atoms with Crippen molar-refractivity contribution >= 4 is 23.5 Å². The average Bonchev–Trinajstić information content (AvgIpc) is 2.75. The van der Waals surface area contributed by atoms with Crippen molar-refractivity contribution in [3.63, 3.8) is 0 Å². The summed E-state index contributed by atoms with van der Waals surface area (Å²) in [6, 6.07) is 3.98. The topological polar surface area (TPSA) is 75.7 Å². The minimum absolute atomic E-state index is 0.0255. The molecule has 6 heteroatoms. The molecule has 1 aliphatic heterocycles. The van der Waals surface area contributed by atoms with Gasteiger partial charge in [0.15, 0.2) is 6.10 Å². The van der Waals surface area contributed by atoms with Crippen LogP contribution in [0.25, 0.3) is 0 Å². The predicted molar refractivity (Wildman–Crippen MR) is 99.9 cm³/mol. The fourth-order valence-corrected chi connectivity index (χ4v) is 3.25. The number of esters is 1. The number of rotatable bonds is 5. The van der Waals surface area contributed by atoms with Crippen LogP contribution in [0.1, 0.15) is 49.3 Å². The van der Waals surface area contributed by atoms with Gasteiger partial charge >= 0.3 is 5.97 Å². The quantitative estimate of drug-likeness (QED) is 0.819. The predicted octanol–water partition coefficient (Wildman–Crippen LogP) is 2.88. The maximum absolute atomic E-state index is 12.4. The molecule has 2 amide bonds. The lowest BCUT2D eigenvalue weighted by atomic mass is 10.0. The highest BCUT2D eigenvalue weighted by atomic mass is 16.5. The van der Waals surface area contributed by atoms with E-state index in [4.69, 9.17) is 4.74 Å². The molecule has 1 fully saturated rings. The fourth-order valence-electron chi connectivity index (χ4n) is 3.25. The van der Waals surface area contributed by atoms with Crippen LogP contribution >= 0.6 is 0 Å². The largest absolute Gasteiger partial charge is 0.451 e. The van der Waals surface area contributed by atoms with Crippen molar-refractivity contribution in [2.45, 2.75) is 59.5 Å². The van der Waals surface area contributed by atoms with E-state index < -0.39 is 12.1 Å². The van der Waals surface area contributed by atoms with Gasteiger partial charge in [-0.3, -0.25) is 14.4 Å². The molecule has 6 nitrogen and oxygen atoms in total. The van der Waals surface area contributed by atoms with Gasteiger partial charge in [0.1, 0.15) is 6.54 Å². The summed E-state index contributed by atoms with van der Waals surface area (Å²) in [6.45, 7) is 7.86. The zero-order chi connectivity index (χ0) is 19.3. The molecular weight excluding hydrogens is 332 g/mol. The summed E-state index contributed by atoms with van der Waals surface area (Å²) in [5.74, 6) is -0.960. The third-order valence-electron chi connectivity index (χ3n) is 4.59. The Hall–Kier alpha value is -2.37. The van der Waals surface area contributed by atoms with Crippen LogP contribution < -0.4 is 5.32 Å². The van der Waals surface area contributed by atoms with Crippen LogP contribution in [0.15, 0.2) is 12.1 Å². The summed E-state index contributed by atoms with van der Waals surface area (Å²) >= 11 is 0. The molecule has 0 aliphatic carbocycles. The number of carbonyl (C=O) groups is 3. The van der Waals surface area contributed by atoms with E-state index in [0.717, 1.165) is 41.6 Å². The molecule has 1 atom stereocenters. The van der Waals surface area contributed by atoms with Crippen LogP contribution in [0.3, 0.4) is 0 Å². The summed E-state index contributed by atoms with van der Waals surface area (Å²) in [6.07, 6.45) is 2.28. The molecule has 1 aromatic carbocycles. The van der Waals surface area contributed by atoms with Crippen LogP contribution in [-0.4, -0.2) is 41.9 Å². The molecule has 26 heavy (non-hydrogen) atoms. The van der Waals surface area contributed by atoms with E-state index in [9.17, 15) is 14.4 Å².